The zero-order valence-electron chi connectivity index (χ0n) is 13.0. The lowest BCUT2D eigenvalue weighted by atomic mass is 10.1. The van der Waals surface area contributed by atoms with Crippen molar-refractivity contribution in [3.05, 3.63) is 65.5 Å². The third-order valence-corrected chi connectivity index (χ3v) is 3.76. The molecule has 2 aromatic rings. The highest BCUT2D eigenvalue weighted by molar-refractivity contribution is 6.21. The Labute approximate surface area is 139 Å². The fraction of sp³-hybridized carbons (Fsp3) is 0.222. The number of fused-ring (bicyclic) bond motifs is 1. The normalized spacial score (nSPS) is 13.1. The molecule has 0 aliphatic carbocycles. The summed E-state index contributed by atoms with van der Waals surface area (Å²) in [6, 6.07) is 11.8. The van der Waals surface area contributed by atoms with Crippen LogP contribution in [0.3, 0.4) is 0 Å². The summed E-state index contributed by atoms with van der Waals surface area (Å²) in [6.45, 7) is 0.534. The quantitative estimate of drug-likeness (QED) is 0.463. The molecule has 1 aromatic heterocycles. The van der Waals surface area contributed by atoms with E-state index in [0.29, 0.717) is 30.5 Å². The molecular formula is C18H16N2O4. The highest BCUT2D eigenvalue weighted by Crippen LogP contribution is 2.22. The number of hydrogen-bond acceptors (Lipinski definition) is 5. The molecule has 24 heavy (non-hydrogen) atoms. The molecule has 3 rings (SSSR count). The lowest BCUT2D eigenvalue weighted by Crippen LogP contribution is -2.30. The number of carbonyl (C=O) groups is 3. The molecule has 0 spiro atoms. The average molecular weight is 324 g/mol. The number of hydrogen-bond donors (Lipinski definition) is 0. The second kappa shape index (κ2) is 7.04. The van der Waals surface area contributed by atoms with E-state index in [9.17, 15) is 14.4 Å². The number of benzene rings is 1. The summed E-state index contributed by atoms with van der Waals surface area (Å²) in [7, 11) is 0. The molecule has 2 amide bonds. The molecule has 1 aliphatic heterocycles. The SMILES string of the molecule is O=C(OCCCCN1C(=O)c2ccccc2C1=O)c1ccccn1. The van der Waals surface area contributed by atoms with Crippen LogP contribution in [0.1, 0.15) is 44.0 Å². The van der Waals surface area contributed by atoms with E-state index in [1.54, 1.807) is 42.5 Å². The van der Waals surface area contributed by atoms with Gasteiger partial charge in [0, 0.05) is 12.7 Å². The van der Waals surface area contributed by atoms with Crippen LogP contribution in [0.5, 0.6) is 0 Å². The molecule has 0 N–H and O–H groups in total. The Balaban J connectivity index is 1.44. The summed E-state index contributed by atoms with van der Waals surface area (Å²) in [4.78, 5) is 41.2. The van der Waals surface area contributed by atoms with Gasteiger partial charge in [0.1, 0.15) is 5.69 Å². The molecule has 122 valence electrons. The number of imide groups is 1. The zero-order valence-corrected chi connectivity index (χ0v) is 13.0. The fourth-order valence-corrected chi connectivity index (χ4v) is 2.54. The van der Waals surface area contributed by atoms with Crippen LogP contribution in [0.4, 0.5) is 0 Å². The molecule has 0 bridgehead atoms. The second-order valence-electron chi connectivity index (χ2n) is 5.37. The van der Waals surface area contributed by atoms with E-state index in [-0.39, 0.29) is 24.1 Å². The van der Waals surface area contributed by atoms with Gasteiger partial charge in [0.15, 0.2) is 0 Å². The first-order valence-corrected chi connectivity index (χ1v) is 7.72. The molecule has 0 radical (unpaired) electrons. The van der Waals surface area contributed by atoms with E-state index in [4.69, 9.17) is 4.74 Å². The number of aromatic nitrogens is 1. The molecule has 1 aromatic carbocycles. The van der Waals surface area contributed by atoms with Crippen molar-refractivity contribution < 1.29 is 19.1 Å². The van der Waals surface area contributed by atoms with Gasteiger partial charge in [-0.3, -0.25) is 14.5 Å². The van der Waals surface area contributed by atoms with Crippen LogP contribution in [0.2, 0.25) is 0 Å². The Bertz CT molecular complexity index is 739. The first-order chi connectivity index (χ1) is 11.7. The minimum absolute atomic E-state index is 0.221. The predicted octanol–water partition coefficient (Wildman–Crippen LogP) is 2.31. The van der Waals surface area contributed by atoms with Crippen molar-refractivity contribution >= 4 is 17.8 Å². The van der Waals surface area contributed by atoms with E-state index < -0.39 is 5.97 Å². The average Bonchev–Trinajstić information content (AvgIpc) is 2.87. The lowest BCUT2D eigenvalue weighted by molar-refractivity contribution is 0.0479. The van der Waals surface area contributed by atoms with Gasteiger partial charge in [0.2, 0.25) is 0 Å². The van der Waals surface area contributed by atoms with Gasteiger partial charge in [-0.2, -0.15) is 0 Å². The van der Waals surface area contributed by atoms with Gasteiger partial charge in [-0.25, -0.2) is 9.78 Å². The molecular weight excluding hydrogens is 308 g/mol. The van der Waals surface area contributed by atoms with Gasteiger partial charge in [0.25, 0.3) is 11.8 Å². The number of ether oxygens (including phenoxy) is 1. The molecule has 0 saturated heterocycles. The molecule has 1 aliphatic rings. The summed E-state index contributed by atoms with van der Waals surface area (Å²) >= 11 is 0. The van der Waals surface area contributed by atoms with Crippen molar-refractivity contribution in [2.45, 2.75) is 12.8 Å². The van der Waals surface area contributed by atoms with Crippen LogP contribution >= 0.6 is 0 Å². The van der Waals surface area contributed by atoms with Gasteiger partial charge < -0.3 is 4.74 Å². The Morgan fingerprint density at radius 2 is 1.62 bits per heavy atom. The van der Waals surface area contributed by atoms with Crippen molar-refractivity contribution in [1.82, 2.24) is 9.88 Å². The number of nitrogens with zero attached hydrogens (tertiary/aromatic N) is 2. The number of pyridine rings is 1. The van der Waals surface area contributed by atoms with Crippen molar-refractivity contribution in [2.24, 2.45) is 0 Å². The maximum Gasteiger partial charge on any atom is 0.356 e. The van der Waals surface area contributed by atoms with E-state index >= 15 is 0 Å². The van der Waals surface area contributed by atoms with Gasteiger partial charge in [0.05, 0.1) is 17.7 Å². The van der Waals surface area contributed by atoms with Crippen molar-refractivity contribution in [1.29, 1.82) is 0 Å². The first-order valence-electron chi connectivity index (χ1n) is 7.72. The minimum Gasteiger partial charge on any atom is -0.461 e. The maximum atomic E-state index is 12.2. The van der Waals surface area contributed by atoms with Gasteiger partial charge in [-0.15, -0.1) is 0 Å². The summed E-state index contributed by atoms with van der Waals surface area (Å²) in [5.41, 5.74) is 1.16. The minimum atomic E-state index is -0.476. The van der Waals surface area contributed by atoms with Crippen LogP contribution in [0, 0.1) is 0 Å². The van der Waals surface area contributed by atoms with E-state index in [0.717, 1.165) is 0 Å². The van der Waals surface area contributed by atoms with Crippen LogP contribution in [0.25, 0.3) is 0 Å². The molecule has 0 atom stereocenters. The summed E-state index contributed by atoms with van der Waals surface area (Å²) in [6.07, 6.45) is 2.66. The van der Waals surface area contributed by atoms with Gasteiger partial charge in [-0.1, -0.05) is 18.2 Å². The van der Waals surface area contributed by atoms with Crippen molar-refractivity contribution in [3.63, 3.8) is 0 Å². The molecule has 6 heteroatoms. The molecule has 6 nitrogen and oxygen atoms in total. The Kier molecular flexibility index (Phi) is 4.65. The highest BCUT2D eigenvalue weighted by Gasteiger charge is 2.34. The standard InChI is InChI=1S/C18H16N2O4/c21-16-13-7-1-2-8-14(13)17(22)20(16)11-5-6-12-24-18(23)15-9-3-4-10-19-15/h1-4,7-10H,5-6,11-12H2. The first kappa shape index (κ1) is 15.9. The van der Waals surface area contributed by atoms with Gasteiger partial charge >= 0.3 is 5.97 Å². The fourth-order valence-electron chi connectivity index (χ4n) is 2.54. The van der Waals surface area contributed by atoms with E-state index in [1.165, 1.54) is 11.1 Å². The van der Waals surface area contributed by atoms with Crippen LogP contribution in [-0.2, 0) is 4.74 Å². The van der Waals surface area contributed by atoms with Crippen LogP contribution in [0.15, 0.2) is 48.7 Å². The summed E-state index contributed by atoms with van der Waals surface area (Å²) < 4.78 is 5.12. The van der Waals surface area contributed by atoms with E-state index in [2.05, 4.69) is 4.98 Å². The molecule has 0 saturated carbocycles. The van der Waals surface area contributed by atoms with Crippen molar-refractivity contribution in [2.75, 3.05) is 13.2 Å². The van der Waals surface area contributed by atoms with Crippen LogP contribution in [-0.4, -0.2) is 40.8 Å². The topological polar surface area (TPSA) is 76.6 Å². The zero-order chi connectivity index (χ0) is 16.9. The Morgan fingerprint density at radius 3 is 2.25 bits per heavy atom. The number of esters is 1. The number of carbonyl (C=O) groups excluding carboxylic acids is 3. The summed E-state index contributed by atoms with van der Waals surface area (Å²) in [5.74, 6) is -1.00. The summed E-state index contributed by atoms with van der Waals surface area (Å²) in [5, 5.41) is 0. The third-order valence-electron chi connectivity index (χ3n) is 3.76. The Morgan fingerprint density at radius 1 is 0.958 bits per heavy atom. The number of amides is 2. The Hall–Kier alpha value is -3.02. The lowest BCUT2D eigenvalue weighted by Gasteiger charge is -2.13. The smallest absolute Gasteiger partial charge is 0.356 e. The van der Waals surface area contributed by atoms with Gasteiger partial charge in [-0.05, 0) is 37.1 Å². The third kappa shape index (κ3) is 3.17. The monoisotopic (exact) mass is 324 g/mol. The molecule has 0 fully saturated rings. The van der Waals surface area contributed by atoms with E-state index in [1.807, 2.05) is 0 Å². The largest absolute Gasteiger partial charge is 0.461 e. The highest BCUT2D eigenvalue weighted by atomic mass is 16.5. The number of rotatable bonds is 6. The maximum absolute atomic E-state index is 12.2. The number of unbranched alkanes of at least 4 members (excludes halogenated alkanes) is 1. The van der Waals surface area contributed by atoms with Crippen LogP contribution < -0.4 is 0 Å². The second-order valence-corrected chi connectivity index (χ2v) is 5.37. The van der Waals surface area contributed by atoms with Crippen molar-refractivity contribution in [3.8, 4) is 0 Å². The molecule has 0 unspecified atom stereocenters. The predicted molar refractivity (Wildman–Crippen MR) is 85.6 cm³/mol. The molecule has 2 heterocycles.